The van der Waals surface area contributed by atoms with Gasteiger partial charge < -0.3 is 20.7 Å². The minimum absolute atomic E-state index is 0.385. The fourth-order valence-electron chi connectivity index (χ4n) is 3.70. The molecule has 0 bridgehead atoms. The van der Waals surface area contributed by atoms with Gasteiger partial charge in [0.1, 0.15) is 5.82 Å². The van der Waals surface area contributed by atoms with Crippen molar-refractivity contribution >= 4 is 33.9 Å². The van der Waals surface area contributed by atoms with Crippen molar-refractivity contribution in [2.24, 2.45) is 5.41 Å². The molecule has 2 saturated heterocycles. The lowest BCUT2D eigenvalue weighted by Crippen LogP contribution is -2.35. The Morgan fingerprint density at radius 3 is 2.90 bits per heavy atom. The lowest BCUT2D eigenvalue weighted by atomic mass is 9.82. The first-order valence-corrected chi connectivity index (χ1v) is 11.2. The van der Waals surface area contributed by atoms with Gasteiger partial charge in [-0.05, 0) is 44.8 Å². The second-order valence-electron chi connectivity index (χ2n) is 7.61. The van der Waals surface area contributed by atoms with E-state index in [2.05, 4.69) is 27.0 Å². The van der Waals surface area contributed by atoms with E-state index in [0.29, 0.717) is 30.8 Å². The van der Waals surface area contributed by atoms with Gasteiger partial charge in [-0.25, -0.2) is 9.97 Å². The number of anilines is 2. The number of pyridine rings is 1. The van der Waals surface area contributed by atoms with Crippen LogP contribution in [0.2, 0.25) is 5.02 Å². The first-order valence-electron chi connectivity index (χ1n) is 9.99. The van der Waals surface area contributed by atoms with E-state index < -0.39 is 0 Å². The lowest BCUT2D eigenvalue weighted by Gasteiger charge is -2.30. The van der Waals surface area contributed by atoms with Gasteiger partial charge in [-0.3, -0.25) is 0 Å². The summed E-state index contributed by atoms with van der Waals surface area (Å²) in [6.45, 7) is 3.90. The molecule has 154 valence electrons. The molecule has 3 N–H and O–H groups in total. The van der Waals surface area contributed by atoms with E-state index in [-0.39, 0.29) is 5.41 Å². The maximum absolute atomic E-state index is 9.61. The molecule has 0 aromatic carbocycles. The first kappa shape index (κ1) is 20.4. The fourth-order valence-corrected chi connectivity index (χ4v) is 4.61. The van der Waals surface area contributed by atoms with E-state index in [4.69, 9.17) is 21.3 Å². The Morgan fingerprint density at radius 1 is 1.34 bits per heavy atom. The van der Waals surface area contributed by atoms with Gasteiger partial charge in [0, 0.05) is 42.9 Å². The second kappa shape index (κ2) is 9.26. The molecular formula is C20H25ClN6OS. The molecule has 2 aromatic heterocycles. The standard InChI is InChI=1S/C20H25ClN6OS/c21-16-10-24-18(26-14-1-5-23-6-2-14)9-15(16)17-11-29-19(27-17)25-13-20(12-22)3-7-28-8-4-20/h9-11,14,23H,1-8,13H2,(H,24,26)(H,25,27). The molecule has 9 heteroatoms. The van der Waals surface area contributed by atoms with Crippen molar-refractivity contribution < 1.29 is 4.74 Å². The summed E-state index contributed by atoms with van der Waals surface area (Å²) < 4.78 is 5.40. The highest BCUT2D eigenvalue weighted by Gasteiger charge is 2.32. The number of piperidine rings is 1. The van der Waals surface area contributed by atoms with Gasteiger partial charge in [0.15, 0.2) is 5.13 Å². The zero-order chi connectivity index (χ0) is 20.1. The topological polar surface area (TPSA) is 94.9 Å². The molecule has 0 spiro atoms. The van der Waals surface area contributed by atoms with Gasteiger partial charge in [0.2, 0.25) is 0 Å². The largest absolute Gasteiger partial charge is 0.381 e. The third kappa shape index (κ3) is 4.98. The molecule has 2 aliphatic rings. The van der Waals surface area contributed by atoms with Crippen LogP contribution < -0.4 is 16.0 Å². The number of nitrogens with one attached hydrogen (secondary N) is 3. The van der Waals surface area contributed by atoms with Crippen LogP contribution >= 0.6 is 22.9 Å². The summed E-state index contributed by atoms with van der Waals surface area (Å²) in [5, 5.41) is 23.2. The normalized spacial score (nSPS) is 19.4. The Labute approximate surface area is 179 Å². The molecule has 0 saturated carbocycles. The van der Waals surface area contributed by atoms with Crippen LogP contribution in [0.4, 0.5) is 10.9 Å². The lowest BCUT2D eigenvalue weighted by molar-refractivity contribution is 0.0456. The van der Waals surface area contributed by atoms with Gasteiger partial charge in [-0.1, -0.05) is 11.6 Å². The van der Waals surface area contributed by atoms with Crippen molar-refractivity contribution in [1.82, 2.24) is 15.3 Å². The van der Waals surface area contributed by atoms with E-state index in [9.17, 15) is 5.26 Å². The summed E-state index contributed by atoms with van der Waals surface area (Å²) in [4.78, 5) is 9.13. The Bertz CT molecular complexity index is 870. The summed E-state index contributed by atoms with van der Waals surface area (Å²) >= 11 is 7.93. The zero-order valence-corrected chi connectivity index (χ0v) is 17.8. The molecule has 2 aromatic rings. The van der Waals surface area contributed by atoms with Crippen molar-refractivity contribution in [3.05, 3.63) is 22.7 Å². The van der Waals surface area contributed by atoms with E-state index in [0.717, 1.165) is 61.0 Å². The predicted molar refractivity (Wildman–Crippen MR) is 116 cm³/mol. The third-order valence-corrected chi connectivity index (χ3v) is 6.69. The van der Waals surface area contributed by atoms with Crippen molar-refractivity contribution in [1.29, 1.82) is 5.26 Å². The summed E-state index contributed by atoms with van der Waals surface area (Å²) in [7, 11) is 0. The Kier molecular flexibility index (Phi) is 6.50. The smallest absolute Gasteiger partial charge is 0.183 e. The highest BCUT2D eigenvalue weighted by atomic mass is 35.5. The summed E-state index contributed by atoms with van der Waals surface area (Å²) in [6.07, 6.45) is 5.33. The molecular weight excluding hydrogens is 408 g/mol. The van der Waals surface area contributed by atoms with E-state index >= 15 is 0 Å². The van der Waals surface area contributed by atoms with Crippen LogP contribution in [0, 0.1) is 16.7 Å². The van der Waals surface area contributed by atoms with E-state index in [1.165, 1.54) is 11.3 Å². The SMILES string of the molecule is N#CC1(CNc2nc(-c3cc(NC4CCNCC4)ncc3Cl)cs2)CCOCC1. The van der Waals surface area contributed by atoms with Crippen LogP contribution in [0.5, 0.6) is 0 Å². The molecule has 0 radical (unpaired) electrons. The third-order valence-electron chi connectivity index (χ3n) is 5.59. The van der Waals surface area contributed by atoms with Crippen LogP contribution in [0.15, 0.2) is 17.6 Å². The van der Waals surface area contributed by atoms with Crippen molar-refractivity contribution in [2.45, 2.75) is 31.7 Å². The second-order valence-corrected chi connectivity index (χ2v) is 8.88. The van der Waals surface area contributed by atoms with Gasteiger partial charge in [0.25, 0.3) is 0 Å². The number of ether oxygens (including phenoxy) is 1. The summed E-state index contributed by atoms with van der Waals surface area (Å²) in [6, 6.07) is 4.87. The minimum atomic E-state index is -0.385. The summed E-state index contributed by atoms with van der Waals surface area (Å²) in [5.41, 5.74) is 1.30. The Hall–Kier alpha value is -1.92. The van der Waals surface area contributed by atoms with Crippen LogP contribution in [-0.2, 0) is 4.74 Å². The number of nitrogens with zero attached hydrogens (tertiary/aromatic N) is 3. The van der Waals surface area contributed by atoms with Crippen LogP contribution in [0.1, 0.15) is 25.7 Å². The average Bonchev–Trinajstić information content (AvgIpc) is 3.24. The highest BCUT2D eigenvalue weighted by molar-refractivity contribution is 7.14. The van der Waals surface area contributed by atoms with Crippen LogP contribution in [-0.4, -0.2) is 48.9 Å². The molecule has 29 heavy (non-hydrogen) atoms. The molecule has 2 aliphatic heterocycles. The number of hydrogen-bond donors (Lipinski definition) is 3. The molecule has 0 aliphatic carbocycles. The molecule has 2 fully saturated rings. The van der Waals surface area contributed by atoms with Gasteiger partial charge in [-0.2, -0.15) is 5.26 Å². The number of hydrogen-bond acceptors (Lipinski definition) is 8. The quantitative estimate of drug-likeness (QED) is 0.639. The zero-order valence-electron chi connectivity index (χ0n) is 16.2. The molecule has 7 nitrogen and oxygen atoms in total. The molecule has 4 heterocycles. The Balaban J connectivity index is 1.44. The monoisotopic (exact) mass is 432 g/mol. The Morgan fingerprint density at radius 2 is 2.14 bits per heavy atom. The molecule has 0 amide bonds. The summed E-state index contributed by atoms with van der Waals surface area (Å²) in [5.74, 6) is 0.824. The van der Waals surface area contributed by atoms with Crippen LogP contribution in [0.3, 0.4) is 0 Å². The number of rotatable bonds is 6. The van der Waals surface area contributed by atoms with Crippen LogP contribution in [0.25, 0.3) is 11.3 Å². The molecule has 0 unspecified atom stereocenters. The van der Waals surface area contributed by atoms with Gasteiger partial charge in [0.05, 0.1) is 22.2 Å². The predicted octanol–water partition coefficient (Wildman–Crippen LogP) is 3.75. The minimum Gasteiger partial charge on any atom is -0.381 e. The van der Waals surface area contributed by atoms with Crippen molar-refractivity contribution in [3.8, 4) is 17.3 Å². The van der Waals surface area contributed by atoms with E-state index in [1.54, 1.807) is 6.20 Å². The van der Waals surface area contributed by atoms with Gasteiger partial charge >= 0.3 is 0 Å². The van der Waals surface area contributed by atoms with E-state index in [1.807, 2.05) is 11.4 Å². The fraction of sp³-hybridized carbons (Fsp3) is 0.550. The number of aromatic nitrogens is 2. The number of halogens is 1. The van der Waals surface area contributed by atoms with Crippen molar-refractivity contribution in [2.75, 3.05) is 43.5 Å². The number of nitriles is 1. The molecule has 4 rings (SSSR count). The number of thiazole rings is 1. The first-order chi connectivity index (χ1) is 14.2. The van der Waals surface area contributed by atoms with Gasteiger partial charge in [-0.15, -0.1) is 11.3 Å². The molecule has 0 atom stereocenters. The average molecular weight is 433 g/mol. The highest BCUT2D eigenvalue weighted by Crippen LogP contribution is 2.34. The maximum Gasteiger partial charge on any atom is 0.183 e. The maximum atomic E-state index is 9.61. The van der Waals surface area contributed by atoms with Crippen molar-refractivity contribution in [3.63, 3.8) is 0 Å².